The fraction of sp³-hybridized carbons (Fsp3) is 0.120. The van der Waals surface area contributed by atoms with E-state index in [2.05, 4.69) is 4.98 Å². The van der Waals surface area contributed by atoms with Crippen molar-refractivity contribution in [2.75, 3.05) is 0 Å². The molecule has 0 atom stereocenters. The molecule has 4 nitrogen and oxygen atoms in total. The number of nitrogens with zero attached hydrogens (tertiary/aromatic N) is 1. The van der Waals surface area contributed by atoms with Crippen molar-refractivity contribution in [2.24, 2.45) is 0 Å². The molecule has 0 bridgehead atoms. The van der Waals surface area contributed by atoms with Crippen molar-refractivity contribution in [3.8, 4) is 17.2 Å². The fourth-order valence-corrected chi connectivity index (χ4v) is 3.26. The number of aryl methyl sites for hydroxylation is 1. The zero-order valence-electron chi connectivity index (χ0n) is 17.3. The molecule has 1 aromatic heterocycles. The number of oxazole rings is 1. The van der Waals surface area contributed by atoms with E-state index in [9.17, 15) is 18.0 Å². The molecule has 168 valence electrons. The van der Waals surface area contributed by atoms with Gasteiger partial charge in [0.1, 0.15) is 23.8 Å². The maximum atomic E-state index is 12.8. The molecule has 4 rings (SSSR count). The van der Waals surface area contributed by atoms with E-state index in [0.717, 1.165) is 12.1 Å². The third-order valence-corrected chi connectivity index (χ3v) is 5.18. The zero-order chi connectivity index (χ0) is 23.6. The minimum absolute atomic E-state index is 0.0640. The van der Waals surface area contributed by atoms with E-state index >= 15 is 0 Å². The Morgan fingerprint density at radius 2 is 1.70 bits per heavy atom. The summed E-state index contributed by atoms with van der Waals surface area (Å²) in [5.41, 5.74) is 1.14. The van der Waals surface area contributed by atoms with Gasteiger partial charge in [-0.25, -0.2) is 4.98 Å². The van der Waals surface area contributed by atoms with E-state index in [4.69, 9.17) is 20.8 Å². The van der Waals surface area contributed by atoms with Crippen LogP contribution in [0.3, 0.4) is 0 Å². The van der Waals surface area contributed by atoms with Crippen LogP contribution in [0.5, 0.6) is 5.75 Å². The van der Waals surface area contributed by atoms with Crippen LogP contribution in [0.1, 0.15) is 32.9 Å². The lowest BCUT2D eigenvalue weighted by molar-refractivity contribution is -0.137. The van der Waals surface area contributed by atoms with Crippen LogP contribution in [-0.4, -0.2) is 10.8 Å². The molecule has 3 aromatic carbocycles. The first-order valence-corrected chi connectivity index (χ1v) is 10.3. The highest BCUT2D eigenvalue weighted by Crippen LogP contribution is 2.31. The lowest BCUT2D eigenvalue weighted by atomic mass is 10.0. The van der Waals surface area contributed by atoms with Gasteiger partial charge in [0.2, 0.25) is 5.89 Å². The van der Waals surface area contributed by atoms with Gasteiger partial charge in [-0.2, -0.15) is 13.2 Å². The molecule has 33 heavy (non-hydrogen) atoms. The van der Waals surface area contributed by atoms with Crippen LogP contribution in [0, 0.1) is 6.92 Å². The molecular weight excluding hydrogens is 455 g/mol. The Morgan fingerprint density at radius 3 is 2.36 bits per heavy atom. The van der Waals surface area contributed by atoms with Gasteiger partial charge in [-0.05, 0) is 67.6 Å². The molecule has 0 aliphatic carbocycles. The number of carbonyl (C=O) groups is 1. The van der Waals surface area contributed by atoms with E-state index in [0.29, 0.717) is 38.9 Å². The fourth-order valence-electron chi connectivity index (χ4n) is 3.13. The molecule has 0 fully saturated rings. The Bertz CT molecular complexity index is 1280. The smallest absolute Gasteiger partial charge is 0.416 e. The topological polar surface area (TPSA) is 52.3 Å². The number of hydrogen-bond acceptors (Lipinski definition) is 4. The summed E-state index contributed by atoms with van der Waals surface area (Å²) < 4.78 is 49.7. The minimum Gasteiger partial charge on any atom is -0.487 e. The molecule has 0 saturated heterocycles. The first kappa shape index (κ1) is 22.6. The first-order chi connectivity index (χ1) is 15.7. The van der Waals surface area contributed by atoms with Gasteiger partial charge in [0, 0.05) is 21.7 Å². The van der Waals surface area contributed by atoms with E-state index in [-0.39, 0.29) is 18.3 Å². The number of aromatic nitrogens is 1. The summed E-state index contributed by atoms with van der Waals surface area (Å²) in [7, 11) is 0. The molecule has 0 radical (unpaired) electrons. The van der Waals surface area contributed by atoms with Crippen molar-refractivity contribution in [3.63, 3.8) is 0 Å². The number of hydrogen-bond donors (Lipinski definition) is 0. The van der Waals surface area contributed by atoms with E-state index in [1.165, 1.54) is 12.1 Å². The molecule has 4 aromatic rings. The van der Waals surface area contributed by atoms with Crippen LogP contribution in [0.25, 0.3) is 11.5 Å². The second-order valence-corrected chi connectivity index (χ2v) is 7.69. The number of ether oxygens (including phenoxy) is 1. The molecule has 0 aliphatic rings. The number of ketones is 1. The second kappa shape index (κ2) is 9.11. The number of halogens is 4. The summed E-state index contributed by atoms with van der Waals surface area (Å²) in [5, 5.41) is 0.544. The monoisotopic (exact) mass is 471 g/mol. The zero-order valence-corrected chi connectivity index (χ0v) is 18.1. The third kappa shape index (κ3) is 5.26. The Morgan fingerprint density at radius 1 is 1.00 bits per heavy atom. The van der Waals surface area contributed by atoms with Gasteiger partial charge in [-0.15, -0.1) is 0 Å². The Labute approximate surface area is 192 Å². The van der Waals surface area contributed by atoms with Gasteiger partial charge in [0.05, 0.1) is 5.56 Å². The van der Waals surface area contributed by atoms with Crippen molar-refractivity contribution in [1.29, 1.82) is 0 Å². The normalized spacial score (nSPS) is 11.4. The molecule has 0 aliphatic heterocycles. The highest BCUT2D eigenvalue weighted by Gasteiger charge is 2.30. The lowest BCUT2D eigenvalue weighted by Gasteiger charge is -2.07. The van der Waals surface area contributed by atoms with Crippen LogP contribution in [0.4, 0.5) is 13.2 Å². The van der Waals surface area contributed by atoms with E-state index < -0.39 is 11.7 Å². The standard InChI is InChI=1S/C25H17ClF3NO3/c1-15-22(30-24(33-15)17-5-9-19(10-6-17)25(27,28)29)14-32-21-4-2-3-18(13-21)23(31)16-7-11-20(26)12-8-16/h2-13H,14H2,1H3. The Balaban J connectivity index is 1.47. The van der Waals surface area contributed by atoms with Gasteiger partial charge in [0.15, 0.2) is 5.78 Å². The van der Waals surface area contributed by atoms with Gasteiger partial charge in [0.25, 0.3) is 0 Å². The summed E-state index contributed by atoms with van der Waals surface area (Å²) in [6.07, 6.45) is -4.41. The molecule has 1 heterocycles. The number of alkyl halides is 3. The quantitative estimate of drug-likeness (QED) is 0.281. The van der Waals surface area contributed by atoms with Crippen molar-refractivity contribution >= 4 is 17.4 Å². The molecule has 0 amide bonds. The highest BCUT2D eigenvalue weighted by molar-refractivity contribution is 6.30. The van der Waals surface area contributed by atoms with Crippen LogP contribution < -0.4 is 4.74 Å². The van der Waals surface area contributed by atoms with Crippen molar-refractivity contribution in [2.45, 2.75) is 19.7 Å². The molecule has 0 N–H and O–H groups in total. The molecule has 0 unspecified atom stereocenters. The van der Waals surface area contributed by atoms with Crippen LogP contribution >= 0.6 is 11.6 Å². The summed E-state index contributed by atoms with van der Waals surface area (Å²) in [6.45, 7) is 1.76. The summed E-state index contributed by atoms with van der Waals surface area (Å²) in [4.78, 5) is 17.0. The van der Waals surface area contributed by atoms with Gasteiger partial charge in [-0.3, -0.25) is 4.79 Å². The average molecular weight is 472 g/mol. The number of carbonyl (C=O) groups excluding carboxylic acids is 1. The first-order valence-electron chi connectivity index (χ1n) is 9.88. The molecule has 0 saturated carbocycles. The number of benzene rings is 3. The maximum Gasteiger partial charge on any atom is 0.416 e. The molecular formula is C25H17ClF3NO3. The third-order valence-electron chi connectivity index (χ3n) is 4.93. The lowest BCUT2D eigenvalue weighted by Crippen LogP contribution is -2.04. The van der Waals surface area contributed by atoms with Crippen molar-refractivity contribution < 1.29 is 27.1 Å². The van der Waals surface area contributed by atoms with E-state index in [1.807, 2.05) is 0 Å². The Hall–Kier alpha value is -3.58. The van der Waals surface area contributed by atoms with Crippen molar-refractivity contribution in [1.82, 2.24) is 4.98 Å². The van der Waals surface area contributed by atoms with Gasteiger partial charge in [-0.1, -0.05) is 23.7 Å². The van der Waals surface area contributed by atoms with Crippen LogP contribution in [0.15, 0.2) is 77.2 Å². The maximum absolute atomic E-state index is 12.8. The largest absolute Gasteiger partial charge is 0.487 e. The van der Waals surface area contributed by atoms with E-state index in [1.54, 1.807) is 55.5 Å². The van der Waals surface area contributed by atoms with Crippen LogP contribution in [-0.2, 0) is 12.8 Å². The van der Waals surface area contributed by atoms with Gasteiger partial charge < -0.3 is 9.15 Å². The summed E-state index contributed by atoms with van der Waals surface area (Å²) in [5.74, 6) is 0.984. The van der Waals surface area contributed by atoms with Crippen molar-refractivity contribution in [3.05, 3.63) is 106 Å². The summed E-state index contributed by atoms with van der Waals surface area (Å²) >= 11 is 5.88. The second-order valence-electron chi connectivity index (χ2n) is 7.25. The average Bonchev–Trinajstić information content (AvgIpc) is 3.18. The number of rotatable bonds is 6. The predicted molar refractivity (Wildman–Crippen MR) is 117 cm³/mol. The highest BCUT2D eigenvalue weighted by atomic mass is 35.5. The summed E-state index contributed by atoms with van der Waals surface area (Å²) in [6, 6.07) is 17.9. The van der Waals surface area contributed by atoms with Crippen LogP contribution in [0.2, 0.25) is 5.02 Å². The SMILES string of the molecule is Cc1oc(-c2ccc(C(F)(F)F)cc2)nc1COc1cccc(C(=O)c2ccc(Cl)cc2)c1. The molecule has 0 spiro atoms. The molecule has 8 heteroatoms. The minimum atomic E-state index is -4.41. The predicted octanol–water partition coefficient (Wildman–Crippen LogP) is 7.13. The van der Waals surface area contributed by atoms with Gasteiger partial charge >= 0.3 is 6.18 Å². The Kier molecular flexibility index (Phi) is 6.24.